The lowest BCUT2D eigenvalue weighted by Crippen LogP contribution is -2.38. The molecule has 33 heavy (non-hydrogen) atoms. The number of benzene rings is 2. The van der Waals surface area contributed by atoms with Gasteiger partial charge in [0.25, 0.3) is 0 Å². The predicted molar refractivity (Wildman–Crippen MR) is 121 cm³/mol. The van der Waals surface area contributed by atoms with Crippen molar-refractivity contribution in [2.24, 2.45) is 17.6 Å². The van der Waals surface area contributed by atoms with E-state index in [9.17, 15) is 17.6 Å². The summed E-state index contributed by atoms with van der Waals surface area (Å²) in [6, 6.07) is 12.6. The molecule has 178 valence electrons. The third kappa shape index (κ3) is 5.72. The van der Waals surface area contributed by atoms with Gasteiger partial charge in [-0.25, -0.2) is 17.6 Å². The number of hydrogen-bond acceptors (Lipinski definition) is 7. The molecule has 0 radical (unpaired) electrons. The predicted octanol–water partition coefficient (Wildman–Crippen LogP) is 3.20. The van der Waals surface area contributed by atoms with E-state index in [0.717, 1.165) is 31.6 Å². The number of hydrogen-bond donors (Lipinski definition) is 1. The number of nitrogens with two attached hydrogens (primary N) is 1. The SMILES string of the molecule is CS(=O)(=O)c1ccc(OCC[C@]2(N)C[C@@H]2C2CCN(OC(=O)c3ccccc3)CC2)c(F)c1. The highest BCUT2D eigenvalue weighted by atomic mass is 32.2. The summed E-state index contributed by atoms with van der Waals surface area (Å²) in [5, 5.41) is 1.72. The molecule has 2 aromatic carbocycles. The summed E-state index contributed by atoms with van der Waals surface area (Å²) >= 11 is 0. The highest BCUT2D eigenvalue weighted by molar-refractivity contribution is 7.90. The van der Waals surface area contributed by atoms with Crippen molar-refractivity contribution in [3.8, 4) is 5.75 Å². The van der Waals surface area contributed by atoms with Crippen LogP contribution >= 0.6 is 0 Å². The topological polar surface area (TPSA) is 98.9 Å². The largest absolute Gasteiger partial charge is 0.490 e. The normalized spacial score (nSPS) is 23.8. The quantitative estimate of drug-likeness (QED) is 0.625. The van der Waals surface area contributed by atoms with Gasteiger partial charge >= 0.3 is 5.97 Å². The van der Waals surface area contributed by atoms with Gasteiger partial charge in [0, 0.05) is 24.9 Å². The van der Waals surface area contributed by atoms with Crippen LogP contribution in [0.3, 0.4) is 0 Å². The maximum absolute atomic E-state index is 14.2. The first-order chi connectivity index (χ1) is 15.7. The summed E-state index contributed by atoms with van der Waals surface area (Å²) < 4.78 is 42.7. The molecule has 1 aliphatic heterocycles. The second-order valence-corrected chi connectivity index (χ2v) is 11.0. The van der Waals surface area contributed by atoms with Crippen molar-refractivity contribution in [1.29, 1.82) is 0 Å². The maximum atomic E-state index is 14.2. The molecule has 0 unspecified atom stereocenters. The van der Waals surface area contributed by atoms with Gasteiger partial charge in [-0.1, -0.05) is 18.2 Å². The van der Waals surface area contributed by atoms with Crippen molar-refractivity contribution >= 4 is 15.8 Å². The number of carbonyl (C=O) groups is 1. The van der Waals surface area contributed by atoms with Crippen LogP contribution in [0.1, 0.15) is 36.0 Å². The Morgan fingerprint density at radius 2 is 1.88 bits per heavy atom. The van der Waals surface area contributed by atoms with Crippen molar-refractivity contribution in [2.75, 3.05) is 26.0 Å². The van der Waals surface area contributed by atoms with E-state index < -0.39 is 15.7 Å². The molecular weight excluding hydrogens is 447 g/mol. The standard InChI is InChI=1S/C24H29FN2O5S/c1-33(29,30)19-7-8-22(21(25)15-19)31-14-11-24(26)16-20(24)17-9-12-27(13-10-17)32-23(28)18-5-3-2-4-6-18/h2-8,15,17,20H,9-14,16,26H2,1H3/t20-,24+/m1/s1. The van der Waals surface area contributed by atoms with Crippen LogP contribution in [0.15, 0.2) is 53.4 Å². The molecule has 1 saturated heterocycles. The summed E-state index contributed by atoms with van der Waals surface area (Å²) in [6.07, 6.45) is 4.31. The Balaban J connectivity index is 1.21. The third-order valence-electron chi connectivity index (χ3n) is 6.62. The van der Waals surface area contributed by atoms with E-state index in [1.54, 1.807) is 29.3 Å². The Morgan fingerprint density at radius 3 is 2.52 bits per heavy atom. The fourth-order valence-electron chi connectivity index (χ4n) is 4.57. The fraction of sp³-hybridized carbons (Fsp3) is 0.458. The van der Waals surface area contributed by atoms with Gasteiger partial charge in [-0.05, 0) is 67.9 Å². The lowest BCUT2D eigenvalue weighted by Gasteiger charge is -2.31. The van der Waals surface area contributed by atoms with Crippen LogP contribution in [0.2, 0.25) is 0 Å². The molecule has 2 aliphatic rings. The van der Waals surface area contributed by atoms with Crippen LogP contribution in [-0.2, 0) is 14.7 Å². The van der Waals surface area contributed by atoms with Crippen LogP contribution in [-0.4, -0.2) is 50.9 Å². The minimum Gasteiger partial charge on any atom is -0.490 e. The van der Waals surface area contributed by atoms with Gasteiger partial charge in [-0.3, -0.25) is 0 Å². The van der Waals surface area contributed by atoms with Crippen LogP contribution < -0.4 is 10.5 Å². The second kappa shape index (κ2) is 9.40. The monoisotopic (exact) mass is 476 g/mol. The van der Waals surface area contributed by atoms with Gasteiger partial charge in [0.2, 0.25) is 0 Å². The average molecular weight is 477 g/mol. The zero-order valence-corrected chi connectivity index (χ0v) is 19.4. The van der Waals surface area contributed by atoms with Crippen molar-refractivity contribution in [2.45, 2.75) is 36.1 Å². The van der Waals surface area contributed by atoms with Crippen LogP contribution in [0.4, 0.5) is 4.39 Å². The number of piperidine rings is 1. The molecule has 1 aliphatic carbocycles. The molecule has 0 spiro atoms. The summed E-state index contributed by atoms with van der Waals surface area (Å²) in [5.41, 5.74) is 6.74. The first-order valence-electron chi connectivity index (χ1n) is 11.1. The second-order valence-electron chi connectivity index (χ2n) is 9.02. The number of halogens is 1. The van der Waals surface area contributed by atoms with Crippen LogP contribution in [0.25, 0.3) is 0 Å². The zero-order valence-electron chi connectivity index (χ0n) is 18.6. The fourth-order valence-corrected chi connectivity index (χ4v) is 5.20. The molecule has 2 fully saturated rings. The van der Waals surface area contributed by atoms with E-state index in [-0.39, 0.29) is 28.8 Å². The van der Waals surface area contributed by atoms with E-state index >= 15 is 0 Å². The molecule has 1 heterocycles. The van der Waals surface area contributed by atoms with Crippen LogP contribution in [0.5, 0.6) is 5.75 Å². The third-order valence-corrected chi connectivity index (χ3v) is 7.73. The first-order valence-corrected chi connectivity index (χ1v) is 13.0. The Hall–Kier alpha value is -2.49. The highest BCUT2D eigenvalue weighted by Crippen LogP contribution is 2.51. The van der Waals surface area contributed by atoms with E-state index in [1.807, 2.05) is 6.07 Å². The van der Waals surface area contributed by atoms with E-state index in [2.05, 4.69) is 0 Å². The Labute approximate surface area is 193 Å². The molecule has 2 atom stereocenters. The number of nitrogens with zero attached hydrogens (tertiary/aromatic N) is 1. The maximum Gasteiger partial charge on any atom is 0.357 e. The summed E-state index contributed by atoms with van der Waals surface area (Å²) in [7, 11) is -3.47. The lowest BCUT2D eigenvalue weighted by molar-refractivity contribution is -0.127. The van der Waals surface area contributed by atoms with Gasteiger partial charge in [0.15, 0.2) is 21.4 Å². The van der Waals surface area contributed by atoms with E-state index in [0.29, 0.717) is 36.9 Å². The van der Waals surface area contributed by atoms with Crippen LogP contribution in [0, 0.1) is 17.7 Å². The Morgan fingerprint density at radius 1 is 1.18 bits per heavy atom. The van der Waals surface area contributed by atoms with Gasteiger partial charge < -0.3 is 15.3 Å². The molecule has 0 aromatic heterocycles. The number of hydroxylamine groups is 2. The van der Waals surface area contributed by atoms with E-state index in [1.165, 1.54) is 12.1 Å². The molecule has 2 aromatic rings. The molecule has 1 saturated carbocycles. The molecule has 4 rings (SSSR count). The van der Waals surface area contributed by atoms with Gasteiger partial charge in [0.05, 0.1) is 17.1 Å². The smallest absolute Gasteiger partial charge is 0.357 e. The summed E-state index contributed by atoms with van der Waals surface area (Å²) in [5.74, 6) is -0.203. The summed E-state index contributed by atoms with van der Waals surface area (Å²) in [4.78, 5) is 17.6. The first kappa shape index (κ1) is 23.7. The Bertz CT molecular complexity index is 1100. The molecule has 7 nitrogen and oxygen atoms in total. The zero-order chi connectivity index (χ0) is 23.6. The molecule has 9 heteroatoms. The van der Waals surface area contributed by atoms with E-state index in [4.69, 9.17) is 15.3 Å². The van der Waals surface area contributed by atoms with Crippen molar-refractivity contribution < 1.29 is 27.2 Å². The molecule has 0 amide bonds. The molecule has 2 N–H and O–H groups in total. The number of sulfone groups is 1. The number of carbonyl (C=O) groups excluding carboxylic acids is 1. The Kier molecular flexibility index (Phi) is 6.74. The minimum absolute atomic E-state index is 0.0248. The van der Waals surface area contributed by atoms with Gasteiger partial charge in [-0.2, -0.15) is 0 Å². The molecular formula is C24H29FN2O5S. The average Bonchev–Trinajstić information content (AvgIpc) is 3.46. The number of ether oxygens (including phenoxy) is 1. The summed E-state index contributed by atoms with van der Waals surface area (Å²) in [6.45, 7) is 1.60. The van der Waals surface area contributed by atoms with Crippen molar-refractivity contribution in [3.63, 3.8) is 0 Å². The van der Waals surface area contributed by atoms with Gasteiger partial charge in [0.1, 0.15) is 0 Å². The molecule has 0 bridgehead atoms. The lowest BCUT2D eigenvalue weighted by atomic mass is 9.90. The number of rotatable bonds is 8. The minimum atomic E-state index is -3.47. The van der Waals surface area contributed by atoms with Crippen molar-refractivity contribution in [1.82, 2.24) is 5.06 Å². The van der Waals surface area contributed by atoms with Gasteiger partial charge in [-0.15, -0.1) is 5.06 Å². The highest BCUT2D eigenvalue weighted by Gasteiger charge is 2.54. The van der Waals surface area contributed by atoms with Crippen molar-refractivity contribution in [3.05, 3.63) is 59.9 Å².